The third-order valence-electron chi connectivity index (χ3n) is 3.67. The van der Waals surface area contributed by atoms with Crippen LogP contribution in [0.4, 0.5) is 0 Å². The Balaban J connectivity index is 2.58. The molecule has 4 nitrogen and oxygen atoms in total. The minimum absolute atomic E-state index is 0.168. The molecule has 3 N–H and O–H groups in total. The predicted octanol–water partition coefficient (Wildman–Crippen LogP) is 1.30. The Morgan fingerprint density at radius 2 is 2.19 bits per heavy atom. The van der Waals surface area contributed by atoms with Gasteiger partial charge in [0.2, 0.25) is 0 Å². The van der Waals surface area contributed by atoms with Gasteiger partial charge in [0.05, 0.1) is 0 Å². The van der Waals surface area contributed by atoms with Crippen molar-refractivity contribution in [2.75, 3.05) is 13.6 Å². The maximum Gasteiger partial charge on any atom is 0.325 e. The molecule has 2 unspecified atom stereocenters. The Hall–Kier alpha value is -0.610. The molecule has 0 aromatic carbocycles. The molecule has 0 amide bonds. The number of likely N-dealkylation sites (N-methyl/N-ethyl adjacent to an activating group) is 1. The standard InChI is InChI=1S/C12H24N2O2/c1-4-5-9(2)14(3)8-12(13,11(15)16)10-6-7-10/h9-10H,4-8,13H2,1-3H3,(H,15,16). The number of carboxylic acids is 1. The third kappa shape index (κ3) is 2.95. The van der Waals surface area contributed by atoms with E-state index < -0.39 is 11.5 Å². The van der Waals surface area contributed by atoms with Gasteiger partial charge < -0.3 is 15.7 Å². The van der Waals surface area contributed by atoms with Gasteiger partial charge in [-0.05, 0) is 39.2 Å². The lowest BCUT2D eigenvalue weighted by Crippen LogP contribution is -2.58. The monoisotopic (exact) mass is 228 g/mol. The zero-order chi connectivity index (χ0) is 12.3. The van der Waals surface area contributed by atoms with Crippen molar-refractivity contribution in [3.8, 4) is 0 Å². The van der Waals surface area contributed by atoms with Crippen LogP contribution in [0.1, 0.15) is 39.5 Å². The normalized spacial score (nSPS) is 21.8. The van der Waals surface area contributed by atoms with E-state index >= 15 is 0 Å². The highest BCUT2D eigenvalue weighted by Gasteiger charge is 2.49. The lowest BCUT2D eigenvalue weighted by Gasteiger charge is -2.33. The van der Waals surface area contributed by atoms with Crippen molar-refractivity contribution in [2.45, 2.75) is 51.1 Å². The lowest BCUT2D eigenvalue weighted by molar-refractivity contribution is -0.145. The van der Waals surface area contributed by atoms with E-state index in [9.17, 15) is 9.90 Å². The van der Waals surface area contributed by atoms with E-state index in [0.717, 1.165) is 25.7 Å². The molecule has 0 radical (unpaired) electrons. The second-order valence-electron chi connectivity index (χ2n) is 5.17. The van der Waals surface area contributed by atoms with Crippen LogP contribution < -0.4 is 5.73 Å². The first-order chi connectivity index (χ1) is 7.41. The van der Waals surface area contributed by atoms with Gasteiger partial charge in [0.25, 0.3) is 0 Å². The summed E-state index contributed by atoms with van der Waals surface area (Å²) >= 11 is 0. The Morgan fingerprint density at radius 1 is 1.62 bits per heavy atom. The Kier molecular flexibility index (Phi) is 4.33. The fourth-order valence-corrected chi connectivity index (χ4v) is 2.18. The minimum Gasteiger partial charge on any atom is -0.480 e. The van der Waals surface area contributed by atoms with E-state index in [1.54, 1.807) is 0 Å². The second-order valence-corrected chi connectivity index (χ2v) is 5.17. The maximum atomic E-state index is 11.3. The summed E-state index contributed by atoms with van der Waals surface area (Å²) in [6.07, 6.45) is 4.11. The molecule has 1 aliphatic carbocycles. The lowest BCUT2D eigenvalue weighted by atomic mass is 9.93. The number of nitrogens with two attached hydrogens (primary N) is 1. The number of aliphatic carboxylic acids is 1. The van der Waals surface area contributed by atoms with Gasteiger partial charge in [0.15, 0.2) is 0 Å². The van der Waals surface area contributed by atoms with Crippen LogP contribution >= 0.6 is 0 Å². The summed E-state index contributed by atoms with van der Waals surface area (Å²) in [5, 5.41) is 9.25. The van der Waals surface area contributed by atoms with E-state index in [1.807, 2.05) is 7.05 Å². The van der Waals surface area contributed by atoms with Crippen molar-refractivity contribution in [2.24, 2.45) is 11.7 Å². The van der Waals surface area contributed by atoms with Crippen molar-refractivity contribution < 1.29 is 9.90 Å². The highest BCUT2D eigenvalue weighted by Crippen LogP contribution is 2.39. The molecule has 2 atom stereocenters. The van der Waals surface area contributed by atoms with Crippen LogP contribution in [0.2, 0.25) is 0 Å². The van der Waals surface area contributed by atoms with E-state index in [1.165, 1.54) is 0 Å². The summed E-state index contributed by atoms with van der Waals surface area (Å²) in [6.45, 7) is 4.71. The van der Waals surface area contributed by atoms with E-state index in [0.29, 0.717) is 12.6 Å². The second kappa shape index (κ2) is 5.15. The predicted molar refractivity (Wildman–Crippen MR) is 64.3 cm³/mol. The highest BCUT2D eigenvalue weighted by atomic mass is 16.4. The molecule has 1 fully saturated rings. The van der Waals surface area contributed by atoms with Gasteiger partial charge in [-0.2, -0.15) is 0 Å². The van der Waals surface area contributed by atoms with Crippen molar-refractivity contribution >= 4 is 5.97 Å². The molecule has 1 rings (SSSR count). The van der Waals surface area contributed by atoms with Crippen LogP contribution in [0.3, 0.4) is 0 Å². The third-order valence-corrected chi connectivity index (χ3v) is 3.67. The molecule has 0 saturated heterocycles. The molecule has 16 heavy (non-hydrogen) atoms. The summed E-state index contributed by atoms with van der Waals surface area (Å²) in [7, 11) is 1.97. The fourth-order valence-electron chi connectivity index (χ4n) is 2.18. The van der Waals surface area contributed by atoms with Gasteiger partial charge >= 0.3 is 5.97 Å². The SMILES string of the molecule is CCCC(C)N(C)CC(N)(C(=O)O)C1CC1. The van der Waals surface area contributed by atoms with Crippen molar-refractivity contribution in [3.05, 3.63) is 0 Å². The summed E-state index contributed by atoms with van der Waals surface area (Å²) in [6, 6.07) is 0.394. The first-order valence-corrected chi connectivity index (χ1v) is 6.14. The first-order valence-electron chi connectivity index (χ1n) is 6.14. The van der Waals surface area contributed by atoms with Crippen LogP contribution in [0, 0.1) is 5.92 Å². The molecule has 0 bridgehead atoms. The average Bonchev–Trinajstić information content (AvgIpc) is 3.00. The quantitative estimate of drug-likeness (QED) is 0.689. The van der Waals surface area contributed by atoms with Crippen LogP contribution in [-0.4, -0.2) is 41.1 Å². The smallest absolute Gasteiger partial charge is 0.325 e. The Bertz CT molecular complexity index is 253. The van der Waals surface area contributed by atoms with Gasteiger partial charge in [-0.15, -0.1) is 0 Å². The van der Waals surface area contributed by atoms with Gasteiger partial charge in [-0.3, -0.25) is 4.79 Å². The fraction of sp³-hybridized carbons (Fsp3) is 0.917. The van der Waals surface area contributed by atoms with Crippen molar-refractivity contribution in [1.82, 2.24) is 4.90 Å². The van der Waals surface area contributed by atoms with Crippen molar-refractivity contribution in [1.29, 1.82) is 0 Å². The number of rotatable bonds is 7. The average molecular weight is 228 g/mol. The van der Waals surface area contributed by atoms with E-state index in [4.69, 9.17) is 5.73 Å². The highest BCUT2D eigenvalue weighted by molar-refractivity contribution is 5.79. The number of hydrogen-bond acceptors (Lipinski definition) is 3. The van der Waals surface area contributed by atoms with Gasteiger partial charge in [-0.1, -0.05) is 13.3 Å². The Morgan fingerprint density at radius 3 is 2.56 bits per heavy atom. The topological polar surface area (TPSA) is 66.6 Å². The number of nitrogens with zero attached hydrogens (tertiary/aromatic N) is 1. The summed E-state index contributed by atoms with van der Waals surface area (Å²) < 4.78 is 0. The zero-order valence-corrected chi connectivity index (χ0v) is 10.6. The van der Waals surface area contributed by atoms with Crippen LogP contribution in [0.15, 0.2) is 0 Å². The first kappa shape index (κ1) is 13.5. The molecule has 0 aliphatic heterocycles. The van der Waals surface area contributed by atoms with Gasteiger partial charge in [-0.25, -0.2) is 0 Å². The van der Waals surface area contributed by atoms with Crippen molar-refractivity contribution in [3.63, 3.8) is 0 Å². The molecular formula is C12H24N2O2. The molecule has 1 aliphatic rings. The molecule has 0 aromatic rings. The van der Waals surface area contributed by atoms with Crippen LogP contribution in [0.5, 0.6) is 0 Å². The molecule has 0 spiro atoms. The maximum absolute atomic E-state index is 11.3. The molecule has 1 saturated carbocycles. The molecule has 0 aromatic heterocycles. The van der Waals surface area contributed by atoms with E-state index in [2.05, 4.69) is 18.7 Å². The van der Waals surface area contributed by atoms with Gasteiger partial charge in [0, 0.05) is 12.6 Å². The number of carbonyl (C=O) groups is 1. The molecular weight excluding hydrogens is 204 g/mol. The summed E-state index contributed by atoms with van der Waals surface area (Å²) in [4.78, 5) is 13.3. The molecule has 94 valence electrons. The van der Waals surface area contributed by atoms with Gasteiger partial charge in [0.1, 0.15) is 5.54 Å². The summed E-state index contributed by atoms with van der Waals surface area (Å²) in [5.74, 6) is -0.688. The molecule has 4 heteroatoms. The van der Waals surface area contributed by atoms with Crippen LogP contribution in [-0.2, 0) is 4.79 Å². The minimum atomic E-state index is -1.04. The van der Waals surface area contributed by atoms with E-state index in [-0.39, 0.29) is 5.92 Å². The zero-order valence-electron chi connectivity index (χ0n) is 10.6. The number of carboxylic acid groups (broad SMARTS) is 1. The largest absolute Gasteiger partial charge is 0.480 e. The number of hydrogen-bond donors (Lipinski definition) is 2. The Labute approximate surface area is 97.8 Å². The summed E-state index contributed by atoms with van der Waals surface area (Å²) in [5.41, 5.74) is 4.99. The molecule has 0 heterocycles. The van der Waals surface area contributed by atoms with Crippen LogP contribution in [0.25, 0.3) is 0 Å².